The van der Waals surface area contributed by atoms with E-state index in [9.17, 15) is 19.2 Å². The Morgan fingerprint density at radius 3 is 2.29 bits per heavy atom. The summed E-state index contributed by atoms with van der Waals surface area (Å²) in [7, 11) is -0.822. The van der Waals surface area contributed by atoms with Crippen LogP contribution in [0.5, 0.6) is 0 Å². The van der Waals surface area contributed by atoms with Crippen molar-refractivity contribution in [3.8, 4) is 0 Å². The molecule has 0 radical (unpaired) electrons. The van der Waals surface area contributed by atoms with Crippen molar-refractivity contribution in [2.45, 2.75) is 70.5 Å². The number of ether oxygens (including phenoxy) is 2. The van der Waals surface area contributed by atoms with E-state index < -0.39 is 50.3 Å². The van der Waals surface area contributed by atoms with Gasteiger partial charge < -0.3 is 13.9 Å². The van der Waals surface area contributed by atoms with Gasteiger partial charge in [0.2, 0.25) is 5.91 Å². The van der Waals surface area contributed by atoms with E-state index in [-0.39, 0.29) is 23.8 Å². The van der Waals surface area contributed by atoms with E-state index in [1.165, 1.54) is 13.2 Å². The van der Waals surface area contributed by atoms with Crippen molar-refractivity contribution in [1.29, 1.82) is 0 Å². The lowest BCUT2D eigenvalue weighted by molar-refractivity contribution is -0.180. The number of esters is 1. The highest BCUT2D eigenvalue weighted by Gasteiger charge is 2.57. The highest BCUT2D eigenvalue weighted by Crippen LogP contribution is 2.41. The second kappa shape index (κ2) is 11.4. The highest BCUT2D eigenvalue weighted by atomic mass is 28.4. The Labute approximate surface area is 208 Å². The maximum absolute atomic E-state index is 13.3. The third-order valence-corrected chi connectivity index (χ3v) is 11.4. The molecule has 1 fully saturated rings. The third-order valence-electron chi connectivity index (χ3n) is 6.83. The van der Waals surface area contributed by atoms with Crippen molar-refractivity contribution in [1.82, 2.24) is 4.90 Å². The molecular formula is C26H37NO7Si. The van der Waals surface area contributed by atoms with Gasteiger partial charge in [-0.1, -0.05) is 63.8 Å². The minimum atomic E-state index is -2.25. The molecule has 1 saturated heterocycles. The van der Waals surface area contributed by atoms with Crippen LogP contribution >= 0.6 is 0 Å². The number of carbonyl (C=O) groups excluding carboxylic acids is 4. The summed E-state index contributed by atoms with van der Waals surface area (Å²) < 4.78 is 16.7. The van der Waals surface area contributed by atoms with Gasteiger partial charge in [0, 0.05) is 13.5 Å². The zero-order valence-electron chi connectivity index (χ0n) is 21.7. The van der Waals surface area contributed by atoms with Crippen LogP contribution in [0, 0.1) is 5.92 Å². The van der Waals surface area contributed by atoms with Gasteiger partial charge in [-0.05, 0) is 30.6 Å². The van der Waals surface area contributed by atoms with Crippen LogP contribution in [0.2, 0.25) is 18.1 Å². The van der Waals surface area contributed by atoms with E-state index in [1.54, 1.807) is 31.2 Å². The van der Waals surface area contributed by atoms with E-state index in [2.05, 4.69) is 40.4 Å². The van der Waals surface area contributed by atoms with Crippen LogP contribution in [0.1, 0.15) is 45.8 Å². The number of likely N-dealkylation sites (tertiary alicyclic amines) is 1. The SMILES string of the molecule is C=CCOC(=O)C(=O)N1C(=O)[C@H]([C@@H](C)O[Si](C)(C)C(C)(C)C)[C@H]1CC(=O)C(OC)c1ccccc1. The molecule has 2 rings (SSSR count). The number of β-lactam (4-membered cyclic amide) rings is 1. The van der Waals surface area contributed by atoms with Crippen LogP contribution in [-0.2, 0) is 33.1 Å². The Bertz CT molecular complexity index is 954. The molecule has 1 aliphatic heterocycles. The fraction of sp³-hybridized carbons (Fsp3) is 0.538. The molecule has 0 bridgehead atoms. The second-order valence-electron chi connectivity index (χ2n) is 10.3. The van der Waals surface area contributed by atoms with Crippen molar-refractivity contribution in [3.63, 3.8) is 0 Å². The first kappa shape index (κ1) is 28.6. The zero-order valence-corrected chi connectivity index (χ0v) is 22.7. The molecule has 1 unspecified atom stereocenters. The molecule has 9 heteroatoms. The number of carbonyl (C=O) groups is 4. The van der Waals surface area contributed by atoms with Crippen molar-refractivity contribution in [2.75, 3.05) is 13.7 Å². The van der Waals surface area contributed by atoms with Gasteiger partial charge in [-0.25, -0.2) is 4.79 Å². The number of imide groups is 1. The van der Waals surface area contributed by atoms with Gasteiger partial charge in [0.15, 0.2) is 14.1 Å². The largest absolute Gasteiger partial charge is 0.454 e. The number of rotatable bonds is 10. The van der Waals surface area contributed by atoms with Crippen LogP contribution in [-0.4, -0.2) is 62.6 Å². The fourth-order valence-electron chi connectivity index (χ4n) is 3.95. The summed E-state index contributed by atoms with van der Waals surface area (Å²) in [4.78, 5) is 52.2. The summed E-state index contributed by atoms with van der Waals surface area (Å²) >= 11 is 0. The van der Waals surface area contributed by atoms with Crippen LogP contribution < -0.4 is 0 Å². The molecule has 192 valence electrons. The van der Waals surface area contributed by atoms with Crippen LogP contribution in [0.15, 0.2) is 43.0 Å². The first-order valence-electron chi connectivity index (χ1n) is 11.7. The summed E-state index contributed by atoms with van der Waals surface area (Å²) in [5, 5.41) is -0.0994. The molecular weight excluding hydrogens is 466 g/mol. The molecule has 1 aromatic carbocycles. The van der Waals surface area contributed by atoms with Crippen molar-refractivity contribution in [2.24, 2.45) is 5.92 Å². The summed E-state index contributed by atoms with van der Waals surface area (Å²) in [5.41, 5.74) is 0.663. The van der Waals surface area contributed by atoms with E-state index in [4.69, 9.17) is 13.9 Å². The Morgan fingerprint density at radius 2 is 1.77 bits per heavy atom. The number of nitrogens with zero attached hydrogens (tertiary/aromatic N) is 1. The average molecular weight is 504 g/mol. The summed E-state index contributed by atoms with van der Waals surface area (Å²) in [6, 6.07) is 8.12. The molecule has 35 heavy (non-hydrogen) atoms. The molecule has 0 aliphatic carbocycles. The fourth-order valence-corrected chi connectivity index (χ4v) is 5.38. The topological polar surface area (TPSA) is 99.2 Å². The average Bonchev–Trinajstić information content (AvgIpc) is 2.77. The number of Topliss-reactive ketones (excluding diaryl/α,β-unsaturated/α-hetero) is 1. The quantitative estimate of drug-likeness (QED) is 0.157. The molecule has 1 heterocycles. The highest BCUT2D eigenvalue weighted by molar-refractivity contribution is 6.74. The standard InChI is InChI=1S/C26H37NO7Si/c1-9-15-33-25(31)24(30)27-19(16-20(28)22(32-6)18-13-11-10-12-14-18)21(23(27)29)17(2)34-35(7,8)26(3,4)5/h9-14,17,19,21-22H,1,15-16H2,2-8H3/t17-,19-,21-,22?/m1/s1. The minimum Gasteiger partial charge on any atom is -0.454 e. The van der Waals surface area contributed by atoms with Gasteiger partial charge in [0.05, 0.1) is 18.1 Å². The maximum atomic E-state index is 13.3. The lowest BCUT2D eigenvalue weighted by atomic mass is 9.79. The van der Waals surface area contributed by atoms with Crippen LogP contribution in [0.4, 0.5) is 0 Å². The number of ketones is 1. The minimum absolute atomic E-state index is 0.0994. The zero-order chi connectivity index (χ0) is 26.6. The van der Waals surface area contributed by atoms with Crippen LogP contribution in [0.3, 0.4) is 0 Å². The molecule has 4 atom stereocenters. The summed E-state index contributed by atoms with van der Waals surface area (Å²) in [5.74, 6) is -3.88. The lowest BCUT2D eigenvalue weighted by Gasteiger charge is -2.49. The number of hydrogen-bond donors (Lipinski definition) is 0. The predicted molar refractivity (Wildman–Crippen MR) is 134 cm³/mol. The van der Waals surface area contributed by atoms with Gasteiger partial charge in [-0.3, -0.25) is 19.3 Å². The first-order chi connectivity index (χ1) is 16.3. The van der Waals surface area contributed by atoms with Gasteiger partial charge in [-0.2, -0.15) is 0 Å². The number of hydrogen-bond acceptors (Lipinski definition) is 7. The normalized spacial score (nSPS) is 20.0. The predicted octanol–water partition coefficient (Wildman–Crippen LogP) is 3.83. The van der Waals surface area contributed by atoms with Crippen LogP contribution in [0.25, 0.3) is 0 Å². The Morgan fingerprint density at radius 1 is 1.17 bits per heavy atom. The number of benzene rings is 1. The van der Waals surface area contributed by atoms with E-state index in [1.807, 2.05) is 6.07 Å². The number of methoxy groups -OCH3 is 1. The summed E-state index contributed by atoms with van der Waals surface area (Å²) in [6.07, 6.45) is -0.262. The van der Waals surface area contributed by atoms with E-state index in [0.717, 1.165) is 4.90 Å². The molecule has 2 amide bonds. The maximum Gasteiger partial charge on any atom is 0.397 e. The Balaban J connectivity index is 2.33. The van der Waals surface area contributed by atoms with Crippen molar-refractivity contribution in [3.05, 3.63) is 48.6 Å². The Kier molecular flexibility index (Phi) is 9.33. The smallest absolute Gasteiger partial charge is 0.397 e. The third kappa shape index (κ3) is 6.34. The molecule has 1 aliphatic rings. The van der Waals surface area contributed by atoms with E-state index in [0.29, 0.717) is 5.56 Å². The van der Waals surface area contributed by atoms with Gasteiger partial charge in [-0.15, -0.1) is 0 Å². The lowest BCUT2D eigenvalue weighted by Crippen LogP contribution is -2.69. The molecule has 0 aromatic heterocycles. The van der Waals surface area contributed by atoms with Gasteiger partial charge >= 0.3 is 11.9 Å². The van der Waals surface area contributed by atoms with Crippen molar-refractivity contribution < 1.29 is 33.1 Å². The Hall–Kier alpha value is -2.62. The van der Waals surface area contributed by atoms with Gasteiger partial charge in [0.25, 0.3) is 0 Å². The molecule has 0 N–H and O–H groups in total. The summed E-state index contributed by atoms with van der Waals surface area (Å²) in [6.45, 7) is 15.5. The molecule has 0 saturated carbocycles. The monoisotopic (exact) mass is 503 g/mol. The number of amides is 2. The molecule has 8 nitrogen and oxygen atoms in total. The molecule has 1 aromatic rings. The van der Waals surface area contributed by atoms with Gasteiger partial charge in [0.1, 0.15) is 12.7 Å². The molecule has 0 spiro atoms. The second-order valence-corrected chi connectivity index (χ2v) is 15.0. The van der Waals surface area contributed by atoms with E-state index >= 15 is 0 Å². The van der Waals surface area contributed by atoms with Crippen molar-refractivity contribution >= 4 is 31.9 Å². The first-order valence-corrected chi connectivity index (χ1v) is 14.6.